The second-order valence-electron chi connectivity index (χ2n) is 4.48. The van der Waals surface area contributed by atoms with Crippen molar-refractivity contribution in [2.75, 3.05) is 5.43 Å². The Morgan fingerprint density at radius 2 is 1.82 bits per heavy atom. The molecular weight excluding hydrogens is 320 g/mol. The molecule has 2 aromatic rings. The molecule has 1 N–H and O–H groups in total. The molecule has 0 aliphatic rings. The number of rotatable bonds is 3. The number of hydrogen-bond acceptors (Lipinski definition) is 2. The molecule has 0 aromatic heterocycles. The number of nitrogens with one attached hydrogen (secondary N) is 1. The topological polar surface area (TPSA) is 24.4 Å². The molecule has 0 unspecified atom stereocenters. The van der Waals surface area contributed by atoms with Crippen molar-refractivity contribution >= 4 is 23.0 Å². The lowest BCUT2D eigenvalue weighted by atomic mass is 10.1. The van der Waals surface area contributed by atoms with Crippen LogP contribution in [-0.4, -0.2) is 5.71 Å². The maximum Gasteiger partial charge on any atom is 0.416 e. The van der Waals surface area contributed by atoms with Crippen LogP contribution in [0.15, 0.2) is 47.6 Å². The first kappa shape index (κ1) is 16.3. The van der Waals surface area contributed by atoms with Gasteiger partial charge in [0.05, 0.1) is 22.0 Å². The molecule has 116 valence electrons. The Kier molecular flexibility index (Phi) is 4.71. The van der Waals surface area contributed by atoms with Gasteiger partial charge in [0.25, 0.3) is 0 Å². The minimum Gasteiger partial charge on any atom is -0.277 e. The molecular formula is C15H11ClF4N2. The lowest BCUT2D eigenvalue weighted by molar-refractivity contribution is -0.137. The van der Waals surface area contributed by atoms with Gasteiger partial charge >= 0.3 is 6.18 Å². The molecule has 0 bridgehead atoms. The Hall–Kier alpha value is -2.08. The normalized spacial score (nSPS) is 12.4. The van der Waals surface area contributed by atoms with Crippen molar-refractivity contribution in [1.82, 2.24) is 0 Å². The molecule has 22 heavy (non-hydrogen) atoms. The van der Waals surface area contributed by atoms with Crippen molar-refractivity contribution in [3.8, 4) is 0 Å². The summed E-state index contributed by atoms with van der Waals surface area (Å²) in [5.41, 5.74) is 2.12. The Labute approximate surface area is 129 Å². The average molecular weight is 331 g/mol. The third kappa shape index (κ3) is 3.76. The summed E-state index contributed by atoms with van der Waals surface area (Å²) < 4.78 is 51.6. The van der Waals surface area contributed by atoms with Gasteiger partial charge in [-0.3, -0.25) is 5.43 Å². The van der Waals surface area contributed by atoms with Gasteiger partial charge in [-0.25, -0.2) is 4.39 Å². The van der Waals surface area contributed by atoms with Crippen LogP contribution >= 0.6 is 11.6 Å². The fourth-order valence-corrected chi connectivity index (χ4v) is 1.91. The second-order valence-corrected chi connectivity index (χ2v) is 4.89. The van der Waals surface area contributed by atoms with Crippen LogP contribution in [0.1, 0.15) is 18.1 Å². The van der Waals surface area contributed by atoms with Crippen LogP contribution in [-0.2, 0) is 6.18 Å². The number of benzene rings is 2. The molecule has 0 saturated carbocycles. The van der Waals surface area contributed by atoms with E-state index in [1.807, 2.05) is 0 Å². The minimum absolute atomic E-state index is 0.00724. The van der Waals surface area contributed by atoms with Gasteiger partial charge in [-0.1, -0.05) is 29.8 Å². The van der Waals surface area contributed by atoms with E-state index in [4.69, 9.17) is 11.6 Å². The Balaban J connectivity index is 2.28. The van der Waals surface area contributed by atoms with Crippen LogP contribution in [0, 0.1) is 5.82 Å². The first-order valence-electron chi connectivity index (χ1n) is 6.21. The van der Waals surface area contributed by atoms with Gasteiger partial charge < -0.3 is 0 Å². The van der Waals surface area contributed by atoms with E-state index in [0.29, 0.717) is 0 Å². The van der Waals surface area contributed by atoms with Crippen LogP contribution in [0.25, 0.3) is 0 Å². The van der Waals surface area contributed by atoms with Crippen LogP contribution in [0.5, 0.6) is 0 Å². The van der Waals surface area contributed by atoms with E-state index in [9.17, 15) is 17.6 Å². The van der Waals surface area contributed by atoms with Crippen LogP contribution in [0.4, 0.5) is 23.2 Å². The van der Waals surface area contributed by atoms with Crippen molar-refractivity contribution in [3.63, 3.8) is 0 Å². The average Bonchev–Trinajstić information content (AvgIpc) is 2.45. The number of anilines is 1. The maximum absolute atomic E-state index is 13.6. The van der Waals surface area contributed by atoms with E-state index >= 15 is 0 Å². The maximum atomic E-state index is 13.6. The summed E-state index contributed by atoms with van der Waals surface area (Å²) in [5, 5.41) is 3.97. The zero-order valence-corrected chi connectivity index (χ0v) is 12.1. The van der Waals surface area contributed by atoms with E-state index in [1.165, 1.54) is 25.1 Å². The number of nitrogens with zero attached hydrogens (tertiary/aromatic N) is 1. The van der Waals surface area contributed by atoms with E-state index in [-0.39, 0.29) is 22.0 Å². The summed E-state index contributed by atoms with van der Waals surface area (Å²) in [5.74, 6) is -0.472. The van der Waals surface area contributed by atoms with Gasteiger partial charge in [0.15, 0.2) is 0 Å². The molecule has 2 aromatic carbocycles. The van der Waals surface area contributed by atoms with E-state index in [2.05, 4.69) is 10.5 Å². The summed E-state index contributed by atoms with van der Waals surface area (Å²) in [6, 6.07) is 8.80. The van der Waals surface area contributed by atoms with Gasteiger partial charge in [-0.05, 0) is 31.2 Å². The molecule has 0 atom stereocenters. The third-order valence-corrected chi connectivity index (χ3v) is 3.23. The first-order chi connectivity index (χ1) is 10.3. The highest BCUT2D eigenvalue weighted by atomic mass is 35.5. The van der Waals surface area contributed by atoms with Crippen molar-refractivity contribution < 1.29 is 17.6 Å². The largest absolute Gasteiger partial charge is 0.416 e. The van der Waals surface area contributed by atoms with Gasteiger partial charge in [-0.2, -0.15) is 18.3 Å². The summed E-state index contributed by atoms with van der Waals surface area (Å²) in [4.78, 5) is 0. The zero-order chi connectivity index (χ0) is 16.3. The van der Waals surface area contributed by atoms with Crippen LogP contribution < -0.4 is 5.43 Å². The monoisotopic (exact) mass is 330 g/mol. The molecule has 0 saturated heterocycles. The van der Waals surface area contributed by atoms with Gasteiger partial charge in [0.2, 0.25) is 0 Å². The molecule has 0 amide bonds. The van der Waals surface area contributed by atoms with E-state index < -0.39 is 17.6 Å². The van der Waals surface area contributed by atoms with Crippen molar-refractivity contribution in [1.29, 1.82) is 0 Å². The fraction of sp³-hybridized carbons (Fsp3) is 0.133. The van der Waals surface area contributed by atoms with Crippen LogP contribution in [0.2, 0.25) is 5.02 Å². The smallest absolute Gasteiger partial charge is 0.277 e. The predicted octanol–water partition coefficient (Wildman–Crippen LogP) is 5.33. The fourth-order valence-electron chi connectivity index (χ4n) is 1.75. The highest BCUT2D eigenvalue weighted by molar-refractivity contribution is 6.33. The molecule has 0 aliphatic carbocycles. The number of hydrogen-bond donors (Lipinski definition) is 1. The quantitative estimate of drug-likeness (QED) is 0.459. The number of halogens is 5. The standard InChI is InChI=1S/C15H11ClF4N2/c1-9(11-4-2-3-5-13(11)17)21-22-14-8-10(15(18,19)20)6-7-12(14)16/h2-8,22H,1H3/b21-9-. The van der Waals surface area contributed by atoms with Crippen molar-refractivity contribution in [3.05, 3.63) is 64.4 Å². The second kappa shape index (κ2) is 6.36. The molecule has 2 rings (SSSR count). The van der Waals surface area contributed by atoms with Crippen molar-refractivity contribution in [2.24, 2.45) is 5.10 Å². The molecule has 7 heteroatoms. The summed E-state index contributed by atoms with van der Waals surface area (Å²) in [6.07, 6.45) is -4.48. The van der Waals surface area contributed by atoms with E-state index in [0.717, 1.165) is 18.2 Å². The lowest BCUT2D eigenvalue weighted by Gasteiger charge is -2.10. The Bertz CT molecular complexity index is 711. The zero-order valence-electron chi connectivity index (χ0n) is 11.4. The third-order valence-electron chi connectivity index (χ3n) is 2.90. The SMILES string of the molecule is C/C(=N/Nc1cc(C(F)(F)F)ccc1Cl)c1ccccc1F. The van der Waals surface area contributed by atoms with Crippen molar-refractivity contribution in [2.45, 2.75) is 13.1 Å². The van der Waals surface area contributed by atoms with Gasteiger partial charge in [0, 0.05) is 5.56 Å². The minimum atomic E-state index is -4.48. The molecule has 0 heterocycles. The number of hydrazone groups is 1. The molecule has 2 nitrogen and oxygen atoms in total. The number of alkyl halides is 3. The molecule has 0 spiro atoms. The molecule has 0 aliphatic heterocycles. The molecule has 0 radical (unpaired) electrons. The van der Waals surface area contributed by atoms with Gasteiger partial charge in [-0.15, -0.1) is 0 Å². The predicted molar refractivity (Wildman–Crippen MR) is 78.7 cm³/mol. The lowest BCUT2D eigenvalue weighted by Crippen LogP contribution is -2.06. The molecule has 0 fully saturated rings. The Morgan fingerprint density at radius 1 is 1.14 bits per heavy atom. The highest BCUT2D eigenvalue weighted by Crippen LogP contribution is 2.33. The highest BCUT2D eigenvalue weighted by Gasteiger charge is 2.30. The first-order valence-corrected chi connectivity index (χ1v) is 6.59. The van der Waals surface area contributed by atoms with Crippen LogP contribution in [0.3, 0.4) is 0 Å². The summed E-state index contributed by atoms with van der Waals surface area (Å²) in [6.45, 7) is 1.53. The Morgan fingerprint density at radius 3 is 2.45 bits per heavy atom. The van der Waals surface area contributed by atoms with E-state index in [1.54, 1.807) is 6.07 Å². The van der Waals surface area contributed by atoms with Gasteiger partial charge in [0.1, 0.15) is 5.82 Å². The summed E-state index contributed by atoms with van der Waals surface area (Å²) in [7, 11) is 0. The summed E-state index contributed by atoms with van der Waals surface area (Å²) >= 11 is 5.83.